The summed E-state index contributed by atoms with van der Waals surface area (Å²) in [6.45, 7) is 10.4. The number of benzene rings is 6. The fourth-order valence-electron chi connectivity index (χ4n) is 16.4. The van der Waals surface area contributed by atoms with Crippen LogP contribution < -0.4 is 53.6 Å². The number of nitrogens with one attached hydrogen (secondary N) is 10. The smallest absolute Gasteiger partial charge is 0.305 e. The Morgan fingerprint density at radius 2 is 0.970 bits per heavy atom. The fraction of sp³-hybridized carbons (Fsp3) is 0.443. The highest BCUT2D eigenvalue weighted by molar-refractivity contribution is 8.00. The quantitative estimate of drug-likeness (QED) is 0.0435. The van der Waals surface area contributed by atoms with Crippen molar-refractivity contribution < 1.29 is 92.0 Å². The summed E-state index contributed by atoms with van der Waals surface area (Å²) in [6, 6.07) is 26.2. The Morgan fingerprint density at radius 1 is 0.496 bits per heavy atom. The first-order chi connectivity index (χ1) is 63.2. The van der Waals surface area contributed by atoms with Gasteiger partial charge >= 0.3 is 5.97 Å². The van der Waals surface area contributed by atoms with Gasteiger partial charge in [-0.2, -0.15) is 0 Å². The molecule has 0 radical (unpaired) electrons. The summed E-state index contributed by atoms with van der Waals surface area (Å²) >= 11 is 0.834. The van der Waals surface area contributed by atoms with Crippen molar-refractivity contribution >= 4 is 117 Å². The number of aromatic hydroxyl groups is 2. The number of carbonyl (C=O) groups excluding carboxylic acids is 15. The van der Waals surface area contributed by atoms with Gasteiger partial charge in [0.15, 0.2) is 0 Å². The third-order valence-electron chi connectivity index (χ3n) is 23.8. The molecule has 7 aromatic rings. The number of hydrogen-bond acceptors (Lipinski definition) is 19. The molecule has 712 valence electrons. The highest BCUT2D eigenvalue weighted by atomic mass is 32.2. The van der Waals surface area contributed by atoms with Gasteiger partial charge in [-0.3, -0.25) is 76.7 Å². The minimum Gasteiger partial charge on any atom is -0.508 e. The third-order valence-corrected chi connectivity index (χ3v) is 24.9. The summed E-state index contributed by atoms with van der Waals surface area (Å²) in [5.74, 6) is -17.2. The van der Waals surface area contributed by atoms with E-state index in [0.29, 0.717) is 57.1 Å². The number of para-hydroxylation sites is 1. The van der Waals surface area contributed by atoms with Gasteiger partial charge in [0.25, 0.3) is 0 Å². The summed E-state index contributed by atoms with van der Waals surface area (Å²) in [4.78, 5) is 247. The van der Waals surface area contributed by atoms with Gasteiger partial charge in [-0.05, 0) is 115 Å². The molecule has 15 amide bonds. The van der Waals surface area contributed by atoms with E-state index in [-0.39, 0.29) is 87.4 Å². The zero-order chi connectivity index (χ0) is 97.1. The minimum atomic E-state index is -1.91. The summed E-state index contributed by atoms with van der Waals surface area (Å²) in [5, 5.41) is 56.4. The van der Waals surface area contributed by atoms with Gasteiger partial charge in [-0.1, -0.05) is 181 Å². The second-order valence-corrected chi connectivity index (χ2v) is 36.4. The topological polar surface area (TPSA) is 500 Å². The molecule has 0 aliphatic carbocycles. The normalized spacial score (nSPS) is 23.0. The molecule has 2 aliphatic heterocycles. The molecule has 0 unspecified atom stereocenters. The number of aliphatic carboxylic acids is 1. The highest BCUT2D eigenvalue weighted by Crippen LogP contribution is 2.36. The van der Waals surface area contributed by atoms with Crippen LogP contribution in [0.5, 0.6) is 11.5 Å². The van der Waals surface area contributed by atoms with E-state index in [4.69, 9.17) is 5.73 Å². The van der Waals surface area contributed by atoms with Crippen molar-refractivity contribution in [2.45, 2.75) is 210 Å². The molecule has 35 nitrogen and oxygen atoms in total. The van der Waals surface area contributed by atoms with Crippen molar-refractivity contribution in [2.75, 3.05) is 52.8 Å². The number of carboxylic acid groups (broad SMARTS) is 1. The average molecular weight is 1850 g/mol. The van der Waals surface area contributed by atoms with Crippen molar-refractivity contribution in [1.82, 2.24) is 77.3 Å². The van der Waals surface area contributed by atoms with Crippen molar-refractivity contribution in [3.8, 4) is 11.5 Å². The maximum absolute atomic E-state index is 16.2. The van der Waals surface area contributed by atoms with Crippen LogP contribution in [0.25, 0.3) is 10.9 Å². The van der Waals surface area contributed by atoms with E-state index in [2.05, 4.69) is 52.8 Å². The van der Waals surface area contributed by atoms with Crippen molar-refractivity contribution in [2.24, 2.45) is 17.6 Å². The maximum atomic E-state index is 16.2. The second kappa shape index (κ2) is 48.5. The molecule has 1 aromatic heterocycles. The van der Waals surface area contributed by atoms with E-state index in [0.717, 1.165) is 21.6 Å². The van der Waals surface area contributed by atoms with Crippen LogP contribution in [-0.2, 0) is 115 Å². The molecular weight excluding hydrogens is 1730 g/mol. The molecule has 2 fully saturated rings. The number of amides is 15. The Bertz CT molecular complexity index is 5260. The number of primary amides is 1. The first-order valence-corrected chi connectivity index (χ1v) is 45.7. The van der Waals surface area contributed by atoms with Gasteiger partial charge < -0.3 is 98.4 Å². The van der Waals surface area contributed by atoms with Crippen LogP contribution >= 0.6 is 11.8 Å². The fourth-order valence-corrected chi connectivity index (χ4v) is 17.3. The Morgan fingerprint density at radius 3 is 1.53 bits per heavy atom. The number of likely N-dealkylation sites (N-methyl/N-ethyl adjacent to an activating group) is 4. The average Bonchev–Trinajstić information content (AvgIpc) is 1.64. The number of unbranched alkanes of at least 4 members (excludes halogenated alkanes) is 1. The van der Waals surface area contributed by atoms with Gasteiger partial charge in [0.2, 0.25) is 88.6 Å². The lowest BCUT2D eigenvalue weighted by Crippen LogP contribution is -2.63. The van der Waals surface area contributed by atoms with Crippen molar-refractivity contribution in [3.63, 3.8) is 0 Å². The monoisotopic (exact) mass is 1850 g/mol. The Labute approximate surface area is 777 Å². The Balaban J connectivity index is 1.14. The Hall–Kier alpha value is -13.7. The molecule has 15 N–H and O–H groups in total. The molecular formula is C97H124N16O19S. The molecule has 36 heteroatoms. The number of rotatable bonds is 23. The van der Waals surface area contributed by atoms with E-state index in [1.54, 1.807) is 163 Å². The summed E-state index contributed by atoms with van der Waals surface area (Å²) in [5.41, 5.74) is 8.01. The van der Waals surface area contributed by atoms with E-state index < -0.39 is 204 Å². The molecule has 9 rings (SSSR count). The lowest BCUT2D eigenvalue weighted by atomic mass is 9.97. The molecule has 0 saturated carbocycles. The zero-order valence-corrected chi connectivity index (χ0v) is 77.7. The summed E-state index contributed by atoms with van der Waals surface area (Å²) < 4.78 is 0. The van der Waals surface area contributed by atoms with E-state index >= 15 is 47.9 Å². The first kappa shape index (κ1) is 103. The van der Waals surface area contributed by atoms with E-state index in [9.17, 15) is 44.1 Å². The van der Waals surface area contributed by atoms with Crippen molar-refractivity contribution in [3.05, 3.63) is 203 Å². The van der Waals surface area contributed by atoms with Gasteiger partial charge in [0.05, 0.1) is 25.3 Å². The number of aromatic amines is 1. The number of carbonyl (C=O) groups is 16. The van der Waals surface area contributed by atoms with Crippen molar-refractivity contribution in [1.29, 1.82) is 0 Å². The first-order valence-electron chi connectivity index (χ1n) is 44.6. The lowest BCUT2D eigenvalue weighted by molar-refractivity contribution is -0.151. The number of hydrogen-bond donors (Lipinski definition) is 14. The standard InChI is InChI=1S/C97H124N16O19S/c1-12-13-33-77-94(130)109(8)54-81(117)101-72(51-83(119)120)89(125)108-84(58(4)5)96(132)111(10)78(48-60-27-19-15-20-28-60)91(127)106-74(47-63-36-40-66(115)41-37-63)93(129)113-76(42-43-97(113,6)7)90(126)105-71(50-64-52-99-68-32-24-23-31-67(64)68)88(124)104-70(45-62-34-38-65(114)39-35-62)87(123)103-69(44-57(2)3)86(122)107-75(85(121)100-53-80(98)116)55-133-56-82(118)102-73(46-59-25-17-14-18-26-59)92(128)112(11)79(95(131)110(77)9)49-61-29-21-16-22-30-61/h14-32,34-41,52,57-58,69-79,84,99,114-115H,12-13,33,42-51,53-56H2,1-11H3,(H2,98,116)(H,100,121)(H,101,117)(H,102,118)(H,103,123)(H,104,124)(H,105,126)(H,106,127)(H,107,122)(H,108,125)(H,119,120)/t69-,70-,71-,72-,73-,74-,75-,76+,77-,78-,79-,84-/m0/s1. The van der Waals surface area contributed by atoms with Crippen LogP contribution in [0.15, 0.2) is 170 Å². The minimum absolute atomic E-state index is 0.00447. The summed E-state index contributed by atoms with van der Waals surface area (Å²) in [6.07, 6.45) is 0.318. The third kappa shape index (κ3) is 29.4. The lowest BCUT2D eigenvalue weighted by Gasteiger charge is -2.39. The van der Waals surface area contributed by atoms with E-state index in [1.807, 2.05) is 6.92 Å². The number of phenolic OH excluding ortho intramolecular Hbond substituents is 2. The number of nitrogens with zero attached hydrogens (tertiary/aromatic N) is 5. The molecule has 12 atom stereocenters. The maximum Gasteiger partial charge on any atom is 0.305 e. The highest BCUT2D eigenvalue weighted by Gasteiger charge is 2.50. The van der Waals surface area contributed by atoms with Crippen LogP contribution in [0.2, 0.25) is 0 Å². The number of fused-ring (bicyclic) bond motifs is 2. The van der Waals surface area contributed by atoms with Crippen LogP contribution in [-0.4, -0.2) is 270 Å². The predicted octanol–water partition coefficient (Wildman–Crippen LogP) is 3.64. The number of phenols is 2. The number of H-pyrrole nitrogens is 1. The SMILES string of the molecule is CCCC[C@H]1C(=O)N(C)CC(=O)N[C@@H](CC(=O)O)C(=O)N[C@@H](C(C)C)C(=O)N(C)[C@@H](Cc2ccccc2)C(=O)N[C@@H](Cc2ccc(O)cc2)C(=O)N2[C@H](CCC2(C)C)C(=O)N[C@@H](Cc2c[nH]c3ccccc23)C(=O)N[C@@H](Cc2ccc(O)cc2)C(=O)N[C@@H](CC(C)C)C(=O)N[C@H](C(=O)NCC(N)=O)CSCC(=O)N[C@@H](Cc2ccccc2)C(=O)N(C)[C@@H](Cc2ccccc2)C(=O)N1C. The Kier molecular flexibility index (Phi) is 37.6. The van der Waals surface area contributed by atoms with Gasteiger partial charge in [-0.15, -0.1) is 11.8 Å². The van der Waals surface area contributed by atoms with Crippen LogP contribution in [0.4, 0.5) is 0 Å². The second-order valence-electron chi connectivity index (χ2n) is 35.4. The molecule has 133 heavy (non-hydrogen) atoms. The molecule has 2 saturated heterocycles. The number of aromatic nitrogens is 1. The largest absolute Gasteiger partial charge is 0.508 e. The molecule has 2 aliphatic rings. The zero-order valence-electron chi connectivity index (χ0n) is 76.9. The molecule has 0 spiro atoms. The predicted molar refractivity (Wildman–Crippen MR) is 498 cm³/mol. The number of thioether (sulfide) groups is 1. The number of nitrogens with two attached hydrogens (primary N) is 1. The van der Waals surface area contributed by atoms with Gasteiger partial charge in [0.1, 0.15) is 84.0 Å². The van der Waals surface area contributed by atoms with Gasteiger partial charge in [-0.25, -0.2) is 0 Å². The van der Waals surface area contributed by atoms with Crippen LogP contribution in [0.1, 0.15) is 127 Å². The summed E-state index contributed by atoms with van der Waals surface area (Å²) in [7, 11) is 5.31. The molecule has 0 bridgehead atoms. The van der Waals surface area contributed by atoms with Gasteiger partial charge in [0, 0.05) is 95.1 Å². The molecule has 3 heterocycles. The van der Waals surface area contributed by atoms with Crippen LogP contribution in [0, 0.1) is 11.8 Å². The van der Waals surface area contributed by atoms with Crippen LogP contribution in [0.3, 0.4) is 0 Å². The molecule has 6 aromatic carbocycles. The van der Waals surface area contributed by atoms with E-state index in [1.165, 1.54) is 91.4 Å². The number of carboxylic acids is 1.